The van der Waals surface area contributed by atoms with Crippen LogP contribution in [0.25, 0.3) is 5.69 Å². The highest BCUT2D eigenvalue weighted by Crippen LogP contribution is 2.15. The zero-order chi connectivity index (χ0) is 12.1. The molecule has 0 aliphatic heterocycles. The van der Waals surface area contributed by atoms with Crippen LogP contribution in [0.4, 0.5) is 0 Å². The Morgan fingerprint density at radius 3 is 2.88 bits per heavy atom. The molecular weight excluding hydrogens is 214 g/mol. The zero-order valence-corrected chi connectivity index (χ0v) is 9.97. The van der Waals surface area contributed by atoms with Gasteiger partial charge in [0.25, 0.3) is 0 Å². The molecule has 2 N–H and O–H groups in total. The predicted molar refractivity (Wildman–Crippen MR) is 67.0 cm³/mol. The van der Waals surface area contributed by atoms with Gasteiger partial charge in [0.05, 0.1) is 18.6 Å². The van der Waals surface area contributed by atoms with Crippen LogP contribution in [0.2, 0.25) is 0 Å². The van der Waals surface area contributed by atoms with Crippen LogP contribution in [-0.2, 0) is 17.7 Å². The summed E-state index contributed by atoms with van der Waals surface area (Å²) in [6, 6.07) is 8.24. The Morgan fingerprint density at radius 2 is 2.18 bits per heavy atom. The minimum Gasteiger partial charge on any atom is -0.384 e. The van der Waals surface area contributed by atoms with Gasteiger partial charge in [-0.1, -0.05) is 18.2 Å². The van der Waals surface area contributed by atoms with Gasteiger partial charge in [-0.3, -0.25) is 0 Å². The molecule has 0 spiro atoms. The highest BCUT2D eigenvalue weighted by molar-refractivity contribution is 5.41. The summed E-state index contributed by atoms with van der Waals surface area (Å²) in [4.78, 5) is 4.24. The normalized spacial score (nSPS) is 10.7. The second-order valence-corrected chi connectivity index (χ2v) is 3.85. The standard InChI is InChI=1S/C13H17N3O/c1-17-7-6-11-4-2-3-5-13(11)16-9-12(8-14)15-10-16/h2-5,9-10H,6-8,14H2,1H3. The average molecular weight is 231 g/mol. The van der Waals surface area contributed by atoms with Gasteiger partial charge in [0, 0.05) is 25.5 Å². The van der Waals surface area contributed by atoms with Crippen molar-refractivity contribution in [3.63, 3.8) is 0 Å². The van der Waals surface area contributed by atoms with Gasteiger partial charge in [0.2, 0.25) is 0 Å². The van der Waals surface area contributed by atoms with Crippen molar-refractivity contribution >= 4 is 0 Å². The Balaban J connectivity index is 2.30. The first-order valence-corrected chi connectivity index (χ1v) is 5.65. The molecule has 2 aromatic rings. The number of nitrogens with zero attached hydrogens (tertiary/aromatic N) is 2. The molecule has 0 atom stereocenters. The molecule has 0 saturated heterocycles. The summed E-state index contributed by atoms with van der Waals surface area (Å²) in [5.74, 6) is 0. The number of imidazole rings is 1. The monoisotopic (exact) mass is 231 g/mol. The smallest absolute Gasteiger partial charge is 0.0995 e. The van der Waals surface area contributed by atoms with E-state index in [4.69, 9.17) is 10.5 Å². The van der Waals surface area contributed by atoms with Crippen molar-refractivity contribution in [2.45, 2.75) is 13.0 Å². The van der Waals surface area contributed by atoms with Crippen molar-refractivity contribution in [3.05, 3.63) is 48.0 Å². The Morgan fingerprint density at radius 1 is 1.35 bits per heavy atom. The Labute approximate surface area is 101 Å². The summed E-state index contributed by atoms with van der Waals surface area (Å²) in [7, 11) is 1.71. The van der Waals surface area contributed by atoms with E-state index in [2.05, 4.69) is 17.1 Å². The third kappa shape index (κ3) is 2.72. The van der Waals surface area contributed by atoms with E-state index in [0.29, 0.717) is 6.54 Å². The Hall–Kier alpha value is -1.65. The van der Waals surface area contributed by atoms with E-state index in [1.165, 1.54) is 5.56 Å². The summed E-state index contributed by atoms with van der Waals surface area (Å²) >= 11 is 0. The van der Waals surface area contributed by atoms with Crippen molar-refractivity contribution in [2.24, 2.45) is 5.73 Å². The fourth-order valence-electron chi connectivity index (χ4n) is 1.79. The van der Waals surface area contributed by atoms with Crippen molar-refractivity contribution < 1.29 is 4.74 Å². The van der Waals surface area contributed by atoms with Crippen molar-refractivity contribution in [1.29, 1.82) is 0 Å². The van der Waals surface area contributed by atoms with E-state index in [0.717, 1.165) is 24.4 Å². The van der Waals surface area contributed by atoms with Gasteiger partial charge in [-0.15, -0.1) is 0 Å². The SMILES string of the molecule is COCCc1ccccc1-n1cnc(CN)c1. The number of ether oxygens (including phenoxy) is 1. The third-order valence-corrected chi connectivity index (χ3v) is 2.69. The lowest BCUT2D eigenvalue weighted by molar-refractivity contribution is 0.202. The van der Waals surface area contributed by atoms with Gasteiger partial charge in [0.1, 0.15) is 0 Å². The Bertz CT molecular complexity index is 479. The van der Waals surface area contributed by atoms with E-state index in [1.54, 1.807) is 13.4 Å². The molecule has 17 heavy (non-hydrogen) atoms. The zero-order valence-electron chi connectivity index (χ0n) is 9.97. The molecule has 0 amide bonds. The lowest BCUT2D eigenvalue weighted by Gasteiger charge is -2.09. The summed E-state index contributed by atoms with van der Waals surface area (Å²) in [5, 5.41) is 0. The quantitative estimate of drug-likeness (QED) is 0.848. The maximum atomic E-state index is 5.56. The largest absolute Gasteiger partial charge is 0.384 e. The first kappa shape index (κ1) is 11.8. The molecular formula is C13H17N3O. The molecule has 0 fully saturated rings. The number of benzene rings is 1. The second kappa shape index (κ2) is 5.61. The van der Waals surface area contributed by atoms with Crippen LogP contribution < -0.4 is 5.73 Å². The fourth-order valence-corrected chi connectivity index (χ4v) is 1.79. The molecule has 0 unspecified atom stereocenters. The van der Waals surface area contributed by atoms with E-state index in [1.807, 2.05) is 22.9 Å². The van der Waals surface area contributed by atoms with Crippen LogP contribution in [0.1, 0.15) is 11.3 Å². The second-order valence-electron chi connectivity index (χ2n) is 3.85. The summed E-state index contributed by atoms with van der Waals surface area (Å²) in [6.45, 7) is 1.18. The number of hydrogen-bond donors (Lipinski definition) is 1. The molecule has 0 bridgehead atoms. The highest BCUT2D eigenvalue weighted by atomic mass is 16.5. The van der Waals surface area contributed by atoms with Crippen LogP contribution in [-0.4, -0.2) is 23.3 Å². The topological polar surface area (TPSA) is 53.1 Å². The van der Waals surface area contributed by atoms with Crippen LogP contribution in [0.15, 0.2) is 36.8 Å². The molecule has 0 aliphatic carbocycles. The van der Waals surface area contributed by atoms with Gasteiger partial charge in [-0.05, 0) is 18.1 Å². The van der Waals surface area contributed by atoms with Gasteiger partial charge >= 0.3 is 0 Å². The van der Waals surface area contributed by atoms with Gasteiger partial charge in [0.15, 0.2) is 0 Å². The first-order valence-electron chi connectivity index (χ1n) is 5.65. The van der Waals surface area contributed by atoms with E-state index in [9.17, 15) is 0 Å². The molecule has 0 saturated carbocycles. The molecule has 0 radical (unpaired) electrons. The number of aromatic nitrogens is 2. The summed E-state index contributed by atoms with van der Waals surface area (Å²) < 4.78 is 7.13. The lowest BCUT2D eigenvalue weighted by atomic mass is 10.1. The highest BCUT2D eigenvalue weighted by Gasteiger charge is 2.04. The van der Waals surface area contributed by atoms with Crippen LogP contribution in [0.3, 0.4) is 0 Å². The minimum absolute atomic E-state index is 0.466. The molecule has 4 nitrogen and oxygen atoms in total. The fraction of sp³-hybridized carbons (Fsp3) is 0.308. The third-order valence-electron chi connectivity index (χ3n) is 2.69. The van der Waals surface area contributed by atoms with Gasteiger partial charge < -0.3 is 15.0 Å². The average Bonchev–Trinajstić information content (AvgIpc) is 2.85. The first-order chi connectivity index (χ1) is 8.35. The van der Waals surface area contributed by atoms with Crippen LogP contribution in [0, 0.1) is 0 Å². The molecule has 90 valence electrons. The van der Waals surface area contributed by atoms with Crippen molar-refractivity contribution in [1.82, 2.24) is 9.55 Å². The minimum atomic E-state index is 0.466. The van der Waals surface area contributed by atoms with Crippen molar-refractivity contribution in [2.75, 3.05) is 13.7 Å². The molecule has 2 rings (SSSR count). The molecule has 0 aliphatic rings. The van der Waals surface area contributed by atoms with Gasteiger partial charge in [-0.2, -0.15) is 0 Å². The number of rotatable bonds is 5. The van der Waals surface area contributed by atoms with Crippen molar-refractivity contribution in [3.8, 4) is 5.69 Å². The molecule has 4 heteroatoms. The lowest BCUT2D eigenvalue weighted by Crippen LogP contribution is -2.01. The number of para-hydroxylation sites is 1. The Kier molecular flexibility index (Phi) is 3.90. The summed E-state index contributed by atoms with van der Waals surface area (Å²) in [6.07, 6.45) is 4.66. The van der Waals surface area contributed by atoms with Crippen LogP contribution in [0.5, 0.6) is 0 Å². The molecule has 1 aromatic heterocycles. The number of nitrogens with two attached hydrogens (primary N) is 1. The molecule has 1 aromatic carbocycles. The number of hydrogen-bond acceptors (Lipinski definition) is 3. The maximum Gasteiger partial charge on any atom is 0.0995 e. The van der Waals surface area contributed by atoms with E-state index < -0.39 is 0 Å². The maximum absolute atomic E-state index is 5.56. The predicted octanol–water partition coefficient (Wildman–Crippen LogP) is 1.52. The van der Waals surface area contributed by atoms with E-state index >= 15 is 0 Å². The molecule has 1 heterocycles. The number of methoxy groups -OCH3 is 1. The van der Waals surface area contributed by atoms with Crippen LogP contribution >= 0.6 is 0 Å². The van der Waals surface area contributed by atoms with E-state index in [-0.39, 0.29) is 0 Å². The van der Waals surface area contributed by atoms with Gasteiger partial charge in [-0.25, -0.2) is 4.98 Å². The summed E-state index contributed by atoms with van der Waals surface area (Å²) in [5.41, 5.74) is 8.84.